The summed E-state index contributed by atoms with van der Waals surface area (Å²) in [5, 5.41) is 8.41. The van der Waals surface area contributed by atoms with Gasteiger partial charge in [0, 0.05) is 18.5 Å². The third-order valence-corrected chi connectivity index (χ3v) is 4.27. The molecule has 0 aromatic heterocycles. The van der Waals surface area contributed by atoms with Gasteiger partial charge in [-0.15, -0.1) is 0 Å². The first kappa shape index (κ1) is 16.3. The van der Waals surface area contributed by atoms with Crippen LogP contribution in [0.15, 0.2) is 0 Å². The lowest BCUT2D eigenvalue weighted by Gasteiger charge is -2.26. The molecule has 0 radical (unpaired) electrons. The molecule has 0 aliphatic carbocycles. The van der Waals surface area contributed by atoms with Crippen LogP contribution in [0, 0.1) is 0 Å². The summed E-state index contributed by atoms with van der Waals surface area (Å²) in [5.41, 5.74) is 5.43. The molecular formula is C10H22N2O4S. The van der Waals surface area contributed by atoms with E-state index in [9.17, 15) is 13.2 Å². The van der Waals surface area contributed by atoms with Crippen LogP contribution < -0.4 is 10.5 Å². The Balaban J connectivity index is 4.14. The first-order valence-corrected chi connectivity index (χ1v) is 7.38. The van der Waals surface area contributed by atoms with Crippen molar-refractivity contribution in [3.63, 3.8) is 0 Å². The molecule has 0 aromatic carbocycles. The Kier molecular flexibility index (Phi) is 6.66. The molecule has 0 unspecified atom stereocenters. The number of nitrogens with one attached hydrogen (secondary N) is 1. The molecule has 6 nitrogen and oxygen atoms in total. The van der Waals surface area contributed by atoms with Crippen LogP contribution in [-0.2, 0) is 14.8 Å². The van der Waals surface area contributed by atoms with Gasteiger partial charge in [0.2, 0.25) is 10.0 Å². The van der Waals surface area contributed by atoms with E-state index in [1.165, 1.54) is 0 Å². The van der Waals surface area contributed by atoms with Gasteiger partial charge < -0.3 is 10.8 Å². The van der Waals surface area contributed by atoms with Gasteiger partial charge in [-0.3, -0.25) is 4.79 Å². The van der Waals surface area contributed by atoms with Gasteiger partial charge in [0.1, 0.15) is 0 Å². The lowest BCUT2D eigenvalue weighted by atomic mass is 9.95. The van der Waals surface area contributed by atoms with Crippen molar-refractivity contribution in [2.45, 2.75) is 45.1 Å². The predicted molar refractivity (Wildman–Crippen MR) is 66.2 cm³/mol. The first-order valence-electron chi connectivity index (χ1n) is 5.72. The second-order valence-electron chi connectivity index (χ2n) is 4.21. The number of carboxylic acids is 1. The largest absolute Gasteiger partial charge is 0.481 e. The summed E-state index contributed by atoms with van der Waals surface area (Å²) in [4.78, 5) is 10.3. The molecular weight excluding hydrogens is 244 g/mol. The van der Waals surface area contributed by atoms with E-state index in [4.69, 9.17) is 10.8 Å². The Hall–Kier alpha value is -0.660. The van der Waals surface area contributed by atoms with E-state index < -0.39 is 21.5 Å². The van der Waals surface area contributed by atoms with Crippen LogP contribution >= 0.6 is 0 Å². The number of hydrogen-bond donors (Lipinski definition) is 3. The summed E-state index contributed by atoms with van der Waals surface area (Å²) in [7, 11) is -3.42. The number of nitrogens with two attached hydrogens (primary N) is 1. The minimum atomic E-state index is -3.42. The van der Waals surface area contributed by atoms with Gasteiger partial charge in [-0.1, -0.05) is 13.8 Å². The van der Waals surface area contributed by atoms with Crippen molar-refractivity contribution in [2.24, 2.45) is 5.73 Å². The van der Waals surface area contributed by atoms with Crippen molar-refractivity contribution in [1.82, 2.24) is 4.72 Å². The third-order valence-electron chi connectivity index (χ3n) is 2.86. The van der Waals surface area contributed by atoms with Crippen LogP contribution in [0.2, 0.25) is 0 Å². The highest BCUT2D eigenvalue weighted by atomic mass is 32.2. The van der Waals surface area contributed by atoms with E-state index in [0.29, 0.717) is 12.8 Å². The smallest absolute Gasteiger partial charge is 0.303 e. The monoisotopic (exact) mass is 266 g/mol. The van der Waals surface area contributed by atoms with E-state index in [-0.39, 0.29) is 25.1 Å². The molecule has 0 aliphatic heterocycles. The van der Waals surface area contributed by atoms with Crippen LogP contribution in [0.4, 0.5) is 0 Å². The van der Waals surface area contributed by atoms with Crippen molar-refractivity contribution in [3.8, 4) is 0 Å². The lowest BCUT2D eigenvalue weighted by Crippen LogP contribution is -2.49. The van der Waals surface area contributed by atoms with Crippen LogP contribution in [0.25, 0.3) is 0 Å². The van der Waals surface area contributed by atoms with Crippen molar-refractivity contribution < 1.29 is 18.3 Å². The van der Waals surface area contributed by atoms with Gasteiger partial charge in [-0.05, 0) is 19.3 Å². The molecule has 0 aliphatic rings. The summed E-state index contributed by atoms with van der Waals surface area (Å²) in [5.74, 6) is -1.17. The average molecular weight is 266 g/mol. The van der Waals surface area contributed by atoms with E-state index in [1.54, 1.807) is 0 Å². The van der Waals surface area contributed by atoms with E-state index in [2.05, 4.69) is 4.72 Å². The molecule has 0 bridgehead atoms. The van der Waals surface area contributed by atoms with Crippen LogP contribution in [-0.4, -0.2) is 37.3 Å². The molecule has 4 N–H and O–H groups in total. The Bertz CT molecular complexity index is 336. The molecule has 0 atom stereocenters. The maximum Gasteiger partial charge on any atom is 0.303 e. The van der Waals surface area contributed by atoms with Gasteiger partial charge in [-0.2, -0.15) is 0 Å². The number of hydrogen-bond acceptors (Lipinski definition) is 4. The number of rotatable bonds is 9. The fraction of sp³-hybridized carbons (Fsp3) is 0.900. The van der Waals surface area contributed by atoms with Gasteiger partial charge in [-0.25, -0.2) is 13.1 Å². The normalized spacial score (nSPS) is 12.6. The average Bonchev–Trinajstić information content (AvgIpc) is 2.25. The fourth-order valence-corrected chi connectivity index (χ4v) is 2.42. The number of sulfonamides is 1. The van der Waals surface area contributed by atoms with Crippen molar-refractivity contribution in [3.05, 3.63) is 0 Å². The molecule has 0 aromatic rings. The Morgan fingerprint density at radius 1 is 1.35 bits per heavy atom. The van der Waals surface area contributed by atoms with Crippen molar-refractivity contribution >= 4 is 16.0 Å². The highest BCUT2D eigenvalue weighted by Crippen LogP contribution is 2.10. The van der Waals surface area contributed by atoms with Crippen molar-refractivity contribution in [2.75, 3.05) is 12.3 Å². The standard InChI is InChI=1S/C10H22N2O4S/c1-3-10(11,4-2)8-12-17(15,16)7-5-6-9(13)14/h12H,3-8,11H2,1-2H3,(H,13,14). The summed E-state index contributed by atoms with van der Waals surface area (Å²) >= 11 is 0. The lowest BCUT2D eigenvalue weighted by molar-refractivity contribution is -0.137. The predicted octanol–water partition coefficient (Wildman–Crippen LogP) is 0.288. The van der Waals surface area contributed by atoms with E-state index in [1.807, 2.05) is 13.8 Å². The minimum Gasteiger partial charge on any atom is -0.481 e. The minimum absolute atomic E-state index is 0.112. The maximum atomic E-state index is 11.5. The molecule has 17 heavy (non-hydrogen) atoms. The molecule has 0 saturated carbocycles. The molecule has 0 heterocycles. The Labute approximate surface area is 103 Å². The van der Waals surface area contributed by atoms with Gasteiger partial charge in [0.25, 0.3) is 0 Å². The maximum absolute atomic E-state index is 11.5. The van der Waals surface area contributed by atoms with Gasteiger partial charge >= 0.3 is 5.97 Å². The zero-order valence-electron chi connectivity index (χ0n) is 10.4. The summed E-state index contributed by atoms with van der Waals surface area (Å²) in [6, 6.07) is 0. The highest BCUT2D eigenvalue weighted by molar-refractivity contribution is 7.89. The van der Waals surface area contributed by atoms with Crippen LogP contribution in [0.5, 0.6) is 0 Å². The van der Waals surface area contributed by atoms with E-state index >= 15 is 0 Å². The van der Waals surface area contributed by atoms with E-state index in [0.717, 1.165) is 0 Å². The Morgan fingerprint density at radius 2 is 1.88 bits per heavy atom. The van der Waals surface area contributed by atoms with Gasteiger partial charge in [0.15, 0.2) is 0 Å². The molecule has 0 rings (SSSR count). The van der Waals surface area contributed by atoms with Gasteiger partial charge in [0.05, 0.1) is 5.75 Å². The number of carboxylic acid groups (broad SMARTS) is 1. The molecule has 0 spiro atoms. The second-order valence-corrected chi connectivity index (χ2v) is 6.13. The zero-order chi connectivity index (χ0) is 13.5. The third kappa shape index (κ3) is 7.30. The van der Waals surface area contributed by atoms with Crippen LogP contribution in [0.1, 0.15) is 39.5 Å². The first-order chi connectivity index (χ1) is 7.74. The molecule has 0 amide bonds. The highest BCUT2D eigenvalue weighted by Gasteiger charge is 2.22. The summed E-state index contributed by atoms with van der Waals surface area (Å²) in [6.45, 7) is 4.00. The molecule has 0 saturated heterocycles. The number of aliphatic carboxylic acids is 1. The fourth-order valence-electron chi connectivity index (χ4n) is 1.24. The van der Waals surface area contributed by atoms with Crippen LogP contribution in [0.3, 0.4) is 0 Å². The SMILES string of the molecule is CCC(N)(CC)CNS(=O)(=O)CCCC(=O)O. The second kappa shape index (κ2) is 6.93. The topological polar surface area (TPSA) is 109 Å². The quantitative estimate of drug-likeness (QED) is 0.555. The summed E-state index contributed by atoms with van der Waals surface area (Å²) in [6.07, 6.45) is 1.33. The molecule has 0 fully saturated rings. The number of carbonyl (C=O) groups is 1. The van der Waals surface area contributed by atoms with Crippen molar-refractivity contribution in [1.29, 1.82) is 0 Å². The molecule has 7 heteroatoms. The summed E-state index contributed by atoms with van der Waals surface area (Å²) < 4.78 is 25.5. The molecule has 102 valence electrons. The zero-order valence-corrected chi connectivity index (χ0v) is 11.2. The Morgan fingerprint density at radius 3 is 2.29 bits per heavy atom.